The number of aromatic nitrogens is 2. The summed E-state index contributed by atoms with van der Waals surface area (Å²) < 4.78 is 1.09. The summed E-state index contributed by atoms with van der Waals surface area (Å²) in [6.07, 6.45) is 0.353. The van der Waals surface area contributed by atoms with Gasteiger partial charge in [-0.1, -0.05) is 17.4 Å². The van der Waals surface area contributed by atoms with Crippen LogP contribution in [0.2, 0.25) is 0 Å². The molecular formula is C14H13N3OS2. The first kappa shape index (κ1) is 13.2. The highest BCUT2D eigenvalue weighted by atomic mass is 32.1. The maximum atomic E-state index is 12.0. The molecule has 102 valence electrons. The predicted octanol–water partition coefficient (Wildman–Crippen LogP) is 3.55. The van der Waals surface area contributed by atoms with Crippen LogP contribution in [-0.2, 0) is 11.2 Å². The van der Waals surface area contributed by atoms with Gasteiger partial charge in [-0.05, 0) is 31.5 Å². The van der Waals surface area contributed by atoms with E-state index in [-0.39, 0.29) is 5.91 Å². The molecule has 3 aromatic rings. The number of nitrogens with zero attached hydrogens (tertiary/aromatic N) is 2. The Labute approximate surface area is 124 Å². The van der Waals surface area contributed by atoms with Crippen molar-refractivity contribution in [1.82, 2.24) is 9.97 Å². The van der Waals surface area contributed by atoms with E-state index in [0.717, 1.165) is 20.8 Å². The maximum absolute atomic E-state index is 12.0. The van der Waals surface area contributed by atoms with Crippen molar-refractivity contribution in [3.05, 3.63) is 39.8 Å². The van der Waals surface area contributed by atoms with Crippen LogP contribution in [0.1, 0.15) is 16.1 Å². The van der Waals surface area contributed by atoms with Gasteiger partial charge in [-0.2, -0.15) is 0 Å². The van der Waals surface area contributed by atoms with Crippen molar-refractivity contribution in [3.63, 3.8) is 0 Å². The molecule has 2 aromatic heterocycles. The van der Waals surface area contributed by atoms with Crippen LogP contribution in [-0.4, -0.2) is 15.9 Å². The van der Waals surface area contributed by atoms with Gasteiger partial charge in [0.1, 0.15) is 0 Å². The molecule has 0 bridgehead atoms. The molecule has 2 heterocycles. The third-order valence-electron chi connectivity index (χ3n) is 2.96. The van der Waals surface area contributed by atoms with Crippen molar-refractivity contribution in [3.8, 4) is 0 Å². The Morgan fingerprint density at radius 1 is 1.35 bits per heavy atom. The lowest BCUT2D eigenvalue weighted by Gasteiger charge is -1.99. The van der Waals surface area contributed by atoms with Gasteiger partial charge in [-0.15, -0.1) is 11.3 Å². The van der Waals surface area contributed by atoms with Gasteiger partial charge in [-0.3, -0.25) is 4.79 Å². The first-order valence-electron chi connectivity index (χ1n) is 6.18. The van der Waals surface area contributed by atoms with Gasteiger partial charge in [0, 0.05) is 4.88 Å². The van der Waals surface area contributed by atoms with Crippen molar-refractivity contribution in [2.24, 2.45) is 0 Å². The largest absolute Gasteiger partial charge is 0.302 e. The summed E-state index contributed by atoms with van der Waals surface area (Å²) in [5, 5.41) is 3.51. The molecule has 0 radical (unpaired) electrons. The molecule has 0 fully saturated rings. The van der Waals surface area contributed by atoms with Crippen LogP contribution in [0.4, 0.5) is 5.13 Å². The van der Waals surface area contributed by atoms with E-state index in [1.807, 2.05) is 26.0 Å². The number of fused-ring (bicyclic) bond motifs is 1. The van der Waals surface area contributed by atoms with Gasteiger partial charge >= 0.3 is 0 Å². The summed E-state index contributed by atoms with van der Waals surface area (Å²) in [6, 6.07) is 6.08. The second-order valence-corrected chi connectivity index (χ2v) is 6.55. The van der Waals surface area contributed by atoms with Gasteiger partial charge in [-0.25, -0.2) is 9.97 Å². The number of carbonyl (C=O) groups excluding carboxylic acids is 1. The first-order valence-corrected chi connectivity index (χ1v) is 7.87. The molecule has 0 aliphatic carbocycles. The molecule has 0 unspecified atom stereocenters. The van der Waals surface area contributed by atoms with E-state index >= 15 is 0 Å². The van der Waals surface area contributed by atoms with Crippen molar-refractivity contribution < 1.29 is 4.79 Å². The van der Waals surface area contributed by atoms with E-state index in [2.05, 4.69) is 21.4 Å². The lowest BCUT2D eigenvalue weighted by Crippen LogP contribution is -2.13. The molecule has 1 aromatic carbocycles. The van der Waals surface area contributed by atoms with Crippen LogP contribution < -0.4 is 5.32 Å². The van der Waals surface area contributed by atoms with Crippen molar-refractivity contribution in [2.75, 3.05) is 5.32 Å². The number of benzene rings is 1. The Hall–Kier alpha value is -1.79. The van der Waals surface area contributed by atoms with E-state index in [1.165, 1.54) is 28.2 Å². The molecule has 0 spiro atoms. The molecule has 4 nitrogen and oxygen atoms in total. The number of hydrogen-bond donors (Lipinski definition) is 1. The summed E-state index contributed by atoms with van der Waals surface area (Å²) in [4.78, 5) is 21.6. The normalized spacial score (nSPS) is 10.9. The molecular weight excluding hydrogens is 290 g/mol. The highest BCUT2D eigenvalue weighted by Gasteiger charge is 2.11. The second-order valence-electron chi connectivity index (χ2n) is 4.58. The third-order valence-corrected chi connectivity index (χ3v) is 4.82. The average Bonchev–Trinajstić information content (AvgIpc) is 2.95. The Morgan fingerprint density at radius 2 is 2.20 bits per heavy atom. The topological polar surface area (TPSA) is 54.9 Å². The Kier molecular flexibility index (Phi) is 3.50. The zero-order valence-electron chi connectivity index (χ0n) is 11.1. The summed E-state index contributed by atoms with van der Waals surface area (Å²) in [5.74, 6) is -0.0480. The standard InChI is InChI=1S/C14H13N3OS2/c1-8-3-4-10-12(5-8)20-14(16-10)17-13(18)6-11-9(2)15-7-19-11/h3-5,7H,6H2,1-2H3,(H,16,17,18). The summed E-state index contributed by atoms with van der Waals surface area (Å²) >= 11 is 3.01. The number of aryl methyl sites for hydroxylation is 2. The minimum Gasteiger partial charge on any atom is -0.302 e. The molecule has 0 atom stereocenters. The monoisotopic (exact) mass is 303 g/mol. The minimum atomic E-state index is -0.0480. The van der Waals surface area contributed by atoms with Gasteiger partial charge in [0.25, 0.3) is 0 Å². The number of thiazole rings is 2. The fourth-order valence-corrected chi connectivity index (χ4v) is 3.65. The van der Waals surface area contributed by atoms with Crippen LogP contribution in [0.15, 0.2) is 23.7 Å². The van der Waals surface area contributed by atoms with Gasteiger partial charge in [0.15, 0.2) is 5.13 Å². The number of hydrogen-bond acceptors (Lipinski definition) is 5. The third kappa shape index (κ3) is 2.71. The van der Waals surface area contributed by atoms with Crippen LogP contribution in [0.5, 0.6) is 0 Å². The van der Waals surface area contributed by atoms with E-state index in [0.29, 0.717) is 11.6 Å². The first-order chi connectivity index (χ1) is 9.61. The number of nitrogens with one attached hydrogen (secondary N) is 1. The second kappa shape index (κ2) is 5.30. The van der Waals surface area contributed by atoms with Crippen LogP contribution >= 0.6 is 22.7 Å². The molecule has 1 N–H and O–H groups in total. The Bertz CT molecular complexity index is 776. The summed E-state index contributed by atoms with van der Waals surface area (Å²) in [7, 11) is 0. The average molecular weight is 303 g/mol. The Morgan fingerprint density at radius 3 is 2.95 bits per heavy atom. The highest BCUT2D eigenvalue weighted by molar-refractivity contribution is 7.22. The number of anilines is 1. The zero-order chi connectivity index (χ0) is 14.1. The number of amides is 1. The fourth-order valence-electron chi connectivity index (χ4n) is 1.89. The smallest absolute Gasteiger partial charge is 0.231 e. The van der Waals surface area contributed by atoms with Gasteiger partial charge in [0.05, 0.1) is 27.8 Å². The van der Waals surface area contributed by atoms with Crippen molar-refractivity contribution in [1.29, 1.82) is 0 Å². The van der Waals surface area contributed by atoms with Crippen LogP contribution in [0.25, 0.3) is 10.2 Å². The zero-order valence-corrected chi connectivity index (χ0v) is 12.8. The van der Waals surface area contributed by atoms with Gasteiger partial charge < -0.3 is 5.32 Å². The van der Waals surface area contributed by atoms with E-state index in [4.69, 9.17) is 0 Å². The quantitative estimate of drug-likeness (QED) is 0.805. The summed E-state index contributed by atoms with van der Waals surface area (Å²) in [5.41, 5.74) is 4.80. The predicted molar refractivity (Wildman–Crippen MR) is 83.5 cm³/mol. The molecule has 0 aliphatic heterocycles. The van der Waals surface area contributed by atoms with E-state index < -0.39 is 0 Å². The maximum Gasteiger partial charge on any atom is 0.231 e. The number of carbonyl (C=O) groups is 1. The van der Waals surface area contributed by atoms with Crippen molar-refractivity contribution in [2.45, 2.75) is 20.3 Å². The molecule has 0 saturated heterocycles. The molecule has 6 heteroatoms. The Balaban J connectivity index is 1.75. The fraction of sp³-hybridized carbons (Fsp3) is 0.214. The lowest BCUT2D eigenvalue weighted by molar-refractivity contribution is -0.115. The van der Waals surface area contributed by atoms with Crippen LogP contribution in [0, 0.1) is 13.8 Å². The van der Waals surface area contributed by atoms with E-state index in [9.17, 15) is 4.79 Å². The SMILES string of the molecule is Cc1ccc2nc(NC(=O)Cc3scnc3C)sc2c1. The van der Waals surface area contributed by atoms with Gasteiger partial charge in [0.2, 0.25) is 5.91 Å². The van der Waals surface area contributed by atoms with E-state index in [1.54, 1.807) is 5.51 Å². The molecule has 0 aliphatic rings. The van der Waals surface area contributed by atoms with Crippen molar-refractivity contribution >= 4 is 43.9 Å². The van der Waals surface area contributed by atoms with Crippen LogP contribution in [0.3, 0.4) is 0 Å². The molecule has 3 rings (SSSR count). The molecule has 20 heavy (non-hydrogen) atoms. The minimum absolute atomic E-state index is 0.0480. The summed E-state index contributed by atoms with van der Waals surface area (Å²) in [6.45, 7) is 3.96. The highest BCUT2D eigenvalue weighted by Crippen LogP contribution is 2.26. The number of rotatable bonds is 3. The molecule has 0 saturated carbocycles. The molecule has 1 amide bonds. The lowest BCUT2D eigenvalue weighted by atomic mass is 10.2.